The topological polar surface area (TPSA) is 46.3 Å². The summed E-state index contributed by atoms with van der Waals surface area (Å²) in [6.07, 6.45) is 2.45. The highest BCUT2D eigenvalue weighted by Gasteiger charge is 2.34. The second-order valence-electron chi connectivity index (χ2n) is 6.64. The summed E-state index contributed by atoms with van der Waals surface area (Å²) in [5.41, 5.74) is 1.21. The summed E-state index contributed by atoms with van der Waals surface area (Å²) in [5, 5.41) is 4.04. The second-order valence-corrected chi connectivity index (χ2v) is 6.64. The third-order valence-electron chi connectivity index (χ3n) is 4.24. The van der Waals surface area contributed by atoms with Crippen LogP contribution in [0.2, 0.25) is 0 Å². The van der Waals surface area contributed by atoms with Crippen molar-refractivity contribution >= 4 is 18.2 Å². The number of rotatable bonds is 5. The van der Waals surface area contributed by atoms with E-state index in [0.717, 1.165) is 25.2 Å². The summed E-state index contributed by atoms with van der Waals surface area (Å²) < 4.78 is 5.31. The van der Waals surface area contributed by atoms with Gasteiger partial charge in [-0.1, -0.05) is 49.3 Å². The highest BCUT2D eigenvalue weighted by Crippen LogP contribution is 2.27. The van der Waals surface area contributed by atoms with Crippen LogP contribution in [-0.2, 0) is 0 Å². The van der Waals surface area contributed by atoms with Crippen LogP contribution >= 0.6 is 12.4 Å². The predicted molar refractivity (Wildman–Crippen MR) is 93.0 cm³/mol. The van der Waals surface area contributed by atoms with E-state index in [2.05, 4.69) is 10.1 Å². The fraction of sp³-hybridized carbons (Fsp3) is 0.444. The van der Waals surface area contributed by atoms with Gasteiger partial charge in [0.05, 0.1) is 0 Å². The molecule has 124 valence electrons. The average molecular weight is 335 g/mol. The van der Waals surface area contributed by atoms with Crippen LogP contribution < -0.4 is 0 Å². The molecule has 2 aromatic rings. The van der Waals surface area contributed by atoms with Crippen molar-refractivity contribution in [1.82, 2.24) is 10.1 Å². The van der Waals surface area contributed by atoms with Crippen LogP contribution in [0.15, 0.2) is 40.9 Å². The van der Waals surface area contributed by atoms with Gasteiger partial charge in [-0.05, 0) is 25.9 Å². The molecule has 0 N–H and O–H groups in total. The molecule has 0 spiro atoms. The molecule has 5 heteroatoms. The SMILES string of the molecule is CC(C)(CN1CCCC1)C(=O)c1cc(-c2ccccc2)no1.Cl. The smallest absolute Gasteiger partial charge is 0.207 e. The molecule has 1 fully saturated rings. The Hall–Kier alpha value is -1.65. The summed E-state index contributed by atoms with van der Waals surface area (Å²) in [4.78, 5) is 15.1. The molecule has 1 aliphatic rings. The highest BCUT2D eigenvalue weighted by molar-refractivity contribution is 5.98. The van der Waals surface area contributed by atoms with Gasteiger partial charge in [-0.2, -0.15) is 0 Å². The Morgan fingerprint density at radius 3 is 2.52 bits per heavy atom. The normalized spacial score (nSPS) is 15.4. The molecule has 0 amide bonds. The van der Waals surface area contributed by atoms with Crippen LogP contribution in [0.25, 0.3) is 11.3 Å². The molecule has 23 heavy (non-hydrogen) atoms. The van der Waals surface area contributed by atoms with Crippen molar-refractivity contribution in [3.8, 4) is 11.3 Å². The molecule has 2 heterocycles. The molecule has 1 aromatic heterocycles. The molecule has 0 bridgehead atoms. The molecule has 1 aromatic carbocycles. The lowest BCUT2D eigenvalue weighted by atomic mass is 9.86. The summed E-state index contributed by atoms with van der Waals surface area (Å²) in [7, 11) is 0. The average Bonchev–Trinajstić information content (AvgIpc) is 3.18. The molecular formula is C18H23ClN2O2. The van der Waals surface area contributed by atoms with Crippen molar-refractivity contribution in [2.75, 3.05) is 19.6 Å². The zero-order valence-electron chi connectivity index (χ0n) is 13.6. The first-order valence-electron chi connectivity index (χ1n) is 7.85. The maximum absolute atomic E-state index is 12.7. The van der Waals surface area contributed by atoms with E-state index >= 15 is 0 Å². The summed E-state index contributed by atoms with van der Waals surface area (Å²) in [6, 6.07) is 11.5. The van der Waals surface area contributed by atoms with E-state index < -0.39 is 5.41 Å². The number of hydrogen-bond donors (Lipinski definition) is 0. The number of benzene rings is 1. The standard InChI is InChI=1S/C18H22N2O2.ClH/c1-18(2,13-20-10-6-7-11-20)17(21)16-12-15(19-22-16)14-8-4-3-5-9-14;/h3-5,8-9,12H,6-7,10-11,13H2,1-2H3;1H. The molecule has 0 aliphatic carbocycles. The molecule has 1 aliphatic heterocycles. The van der Waals surface area contributed by atoms with Crippen molar-refractivity contribution in [3.05, 3.63) is 42.2 Å². The molecule has 1 saturated heterocycles. The van der Waals surface area contributed by atoms with Gasteiger partial charge in [-0.25, -0.2) is 0 Å². The lowest BCUT2D eigenvalue weighted by Gasteiger charge is -2.27. The molecule has 0 atom stereocenters. The first-order chi connectivity index (χ1) is 10.6. The number of nitrogens with zero attached hydrogens (tertiary/aromatic N) is 2. The van der Waals surface area contributed by atoms with Gasteiger partial charge in [-0.3, -0.25) is 4.79 Å². The Morgan fingerprint density at radius 2 is 1.87 bits per heavy atom. The van der Waals surface area contributed by atoms with E-state index in [0.29, 0.717) is 11.5 Å². The van der Waals surface area contributed by atoms with Gasteiger partial charge >= 0.3 is 0 Å². The largest absolute Gasteiger partial charge is 0.352 e. The fourth-order valence-electron chi connectivity index (χ4n) is 3.03. The van der Waals surface area contributed by atoms with Crippen molar-refractivity contribution in [2.24, 2.45) is 5.41 Å². The predicted octanol–water partition coefficient (Wildman–Crippen LogP) is 4.07. The molecule has 0 saturated carbocycles. The van der Waals surface area contributed by atoms with Crippen LogP contribution in [-0.4, -0.2) is 35.5 Å². The zero-order chi connectivity index (χ0) is 15.6. The quantitative estimate of drug-likeness (QED) is 0.773. The second kappa shape index (κ2) is 7.28. The van der Waals surface area contributed by atoms with E-state index in [9.17, 15) is 4.79 Å². The number of aromatic nitrogens is 1. The Bertz CT molecular complexity index is 646. The molecule has 0 unspecified atom stereocenters. The van der Waals surface area contributed by atoms with Crippen molar-refractivity contribution in [3.63, 3.8) is 0 Å². The number of halogens is 1. The summed E-state index contributed by atoms with van der Waals surface area (Å²) in [6.45, 7) is 6.91. The lowest BCUT2D eigenvalue weighted by Crippen LogP contribution is -2.37. The summed E-state index contributed by atoms with van der Waals surface area (Å²) in [5.74, 6) is 0.372. The Balaban J connectivity index is 0.00000192. The molecule has 4 nitrogen and oxygen atoms in total. The minimum atomic E-state index is -0.460. The number of carbonyl (C=O) groups excluding carboxylic acids is 1. The van der Waals surface area contributed by atoms with Crippen LogP contribution in [0.4, 0.5) is 0 Å². The Morgan fingerprint density at radius 1 is 1.22 bits per heavy atom. The van der Waals surface area contributed by atoms with Gasteiger partial charge in [0.1, 0.15) is 5.69 Å². The number of likely N-dealkylation sites (tertiary alicyclic amines) is 1. The molecular weight excluding hydrogens is 312 g/mol. The van der Waals surface area contributed by atoms with E-state index in [-0.39, 0.29) is 18.2 Å². The van der Waals surface area contributed by atoms with Crippen molar-refractivity contribution < 1.29 is 9.32 Å². The number of hydrogen-bond acceptors (Lipinski definition) is 4. The van der Waals surface area contributed by atoms with E-state index in [1.165, 1.54) is 12.8 Å². The van der Waals surface area contributed by atoms with Gasteiger partial charge < -0.3 is 9.42 Å². The fourth-order valence-corrected chi connectivity index (χ4v) is 3.03. The van der Waals surface area contributed by atoms with E-state index in [4.69, 9.17) is 4.52 Å². The lowest BCUT2D eigenvalue weighted by molar-refractivity contribution is 0.0743. The monoisotopic (exact) mass is 334 g/mol. The third-order valence-corrected chi connectivity index (χ3v) is 4.24. The maximum atomic E-state index is 12.7. The third kappa shape index (κ3) is 4.01. The molecule has 3 rings (SSSR count). The number of carbonyl (C=O) groups is 1. The number of Topliss-reactive ketones (excluding diaryl/α,β-unsaturated/α-hetero) is 1. The van der Waals surface area contributed by atoms with E-state index in [1.54, 1.807) is 6.07 Å². The summed E-state index contributed by atoms with van der Waals surface area (Å²) >= 11 is 0. The van der Waals surface area contributed by atoms with Crippen LogP contribution in [0.3, 0.4) is 0 Å². The van der Waals surface area contributed by atoms with Gasteiger partial charge in [0, 0.05) is 23.6 Å². The van der Waals surface area contributed by atoms with Gasteiger partial charge in [0.25, 0.3) is 0 Å². The Kier molecular flexibility index (Phi) is 5.60. The first kappa shape index (κ1) is 17.7. The number of ketones is 1. The van der Waals surface area contributed by atoms with Crippen LogP contribution in [0.5, 0.6) is 0 Å². The Labute approximate surface area is 143 Å². The van der Waals surface area contributed by atoms with Crippen LogP contribution in [0.1, 0.15) is 37.2 Å². The maximum Gasteiger partial charge on any atom is 0.207 e. The van der Waals surface area contributed by atoms with Crippen molar-refractivity contribution in [2.45, 2.75) is 26.7 Å². The van der Waals surface area contributed by atoms with Gasteiger partial charge in [0.2, 0.25) is 11.5 Å². The first-order valence-corrected chi connectivity index (χ1v) is 7.85. The van der Waals surface area contributed by atoms with Crippen molar-refractivity contribution in [1.29, 1.82) is 0 Å². The van der Waals surface area contributed by atoms with Gasteiger partial charge in [-0.15, -0.1) is 12.4 Å². The molecule has 0 radical (unpaired) electrons. The zero-order valence-corrected chi connectivity index (χ0v) is 14.4. The van der Waals surface area contributed by atoms with Gasteiger partial charge in [0.15, 0.2) is 0 Å². The van der Waals surface area contributed by atoms with E-state index in [1.807, 2.05) is 44.2 Å². The van der Waals surface area contributed by atoms with Crippen LogP contribution in [0, 0.1) is 5.41 Å². The highest BCUT2D eigenvalue weighted by atomic mass is 35.5. The minimum absolute atomic E-state index is 0. The minimum Gasteiger partial charge on any atom is -0.352 e.